The largest absolute Gasteiger partial charge is 0.302 e. The normalized spacial score (nSPS) is 30.6. The fourth-order valence-corrected chi connectivity index (χ4v) is 2.61. The van der Waals surface area contributed by atoms with Crippen molar-refractivity contribution in [1.29, 1.82) is 0 Å². The summed E-state index contributed by atoms with van der Waals surface area (Å²) in [6, 6.07) is 0.0975. The molecule has 1 saturated heterocycles. The van der Waals surface area contributed by atoms with Gasteiger partial charge in [-0.25, -0.2) is 0 Å². The van der Waals surface area contributed by atoms with Crippen molar-refractivity contribution in [3.05, 3.63) is 0 Å². The Balaban J connectivity index is 2.14. The molecule has 1 aliphatic rings. The summed E-state index contributed by atoms with van der Waals surface area (Å²) in [5.74, 6) is 0.941. The van der Waals surface area contributed by atoms with Crippen LogP contribution in [0.1, 0.15) is 12.8 Å². The molecule has 11 heavy (non-hydrogen) atoms. The molecule has 0 bridgehead atoms. The smallest absolute Gasteiger partial charge is 0.137 e. The Hall–Kier alpha value is 0.460. The number of alkyl halides is 1. The standard InChI is InChI=1S/C7H12BrNOS/c8-3-1-2-7-9-6(4-10)5-11-7/h4,6-7,9H,1-3,5H2. The van der Waals surface area contributed by atoms with E-state index in [1.54, 1.807) is 0 Å². The Kier molecular flexibility index (Phi) is 4.48. The van der Waals surface area contributed by atoms with E-state index in [0.717, 1.165) is 23.8 Å². The molecular weight excluding hydrogens is 226 g/mol. The Bertz CT molecular complexity index is 134. The average Bonchev–Trinajstić information content (AvgIpc) is 2.48. The van der Waals surface area contributed by atoms with Gasteiger partial charge in [-0.05, 0) is 12.8 Å². The summed E-state index contributed by atoms with van der Waals surface area (Å²) >= 11 is 5.23. The lowest BCUT2D eigenvalue weighted by Crippen LogP contribution is -2.30. The van der Waals surface area contributed by atoms with Crippen LogP contribution in [0.25, 0.3) is 0 Å². The number of carbonyl (C=O) groups is 1. The maximum absolute atomic E-state index is 10.3. The molecule has 0 aromatic carbocycles. The van der Waals surface area contributed by atoms with E-state index in [2.05, 4.69) is 21.2 Å². The molecule has 2 nitrogen and oxygen atoms in total. The first-order valence-electron chi connectivity index (χ1n) is 3.75. The number of hydrogen-bond acceptors (Lipinski definition) is 3. The first-order valence-corrected chi connectivity index (χ1v) is 5.92. The first kappa shape index (κ1) is 9.55. The summed E-state index contributed by atoms with van der Waals surface area (Å²) in [5.41, 5.74) is 0. The highest BCUT2D eigenvalue weighted by molar-refractivity contribution is 9.09. The molecule has 2 unspecified atom stereocenters. The van der Waals surface area contributed by atoms with Gasteiger partial charge in [0.2, 0.25) is 0 Å². The van der Waals surface area contributed by atoms with Crippen LogP contribution in [-0.2, 0) is 4.79 Å². The Morgan fingerprint density at radius 2 is 2.55 bits per heavy atom. The van der Waals surface area contributed by atoms with Crippen LogP contribution < -0.4 is 5.32 Å². The van der Waals surface area contributed by atoms with Gasteiger partial charge in [0.25, 0.3) is 0 Å². The molecular formula is C7H12BrNOS. The van der Waals surface area contributed by atoms with Gasteiger partial charge in [0.05, 0.1) is 11.4 Å². The number of nitrogens with one attached hydrogen (secondary N) is 1. The molecule has 2 atom stereocenters. The van der Waals surface area contributed by atoms with E-state index >= 15 is 0 Å². The highest BCUT2D eigenvalue weighted by Gasteiger charge is 2.22. The van der Waals surface area contributed by atoms with Crippen molar-refractivity contribution in [2.45, 2.75) is 24.3 Å². The van der Waals surface area contributed by atoms with Gasteiger partial charge in [-0.2, -0.15) is 0 Å². The van der Waals surface area contributed by atoms with Crippen molar-refractivity contribution in [3.63, 3.8) is 0 Å². The van der Waals surface area contributed by atoms with Crippen molar-refractivity contribution in [3.8, 4) is 0 Å². The third-order valence-electron chi connectivity index (χ3n) is 1.64. The minimum atomic E-state index is 0.0975. The molecule has 0 aliphatic carbocycles. The van der Waals surface area contributed by atoms with Crippen LogP contribution in [0.2, 0.25) is 0 Å². The molecule has 1 N–H and O–H groups in total. The average molecular weight is 238 g/mol. The molecule has 1 heterocycles. The zero-order valence-electron chi connectivity index (χ0n) is 6.25. The van der Waals surface area contributed by atoms with E-state index in [1.807, 2.05) is 11.8 Å². The van der Waals surface area contributed by atoms with Crippen LogP contribution >= 0.6 is 27.7 Å². The molecule has 0 aromatic rings. The summed E-state index contributed by atoms with van der Waals surface area (Å²) in [7, 11) is 0. The van der Waals surface area contributed by atoms with E-state index in [0.29, 0.717) is 5.37 Å². The number of aldehydes is 1. The van der Waals surface area contributed by atoms with Crippen molar-refractivity contribution in [2.24, 2.45) is 0 Å². The molecule has 1 aliphatic heterocycles. The fraction of sp³-hybridized carbons (Fsp3) is 0.857. The fourth-order valence-electron chi connectivity index (χ4n) is 1.06. The maximum Gasteiger partial charge on any atom is 0.137 e. The van der Waals surface area contributed by atoms with Crippen molar-refractivity contribution < 1.29 is 4.79 Å². The summed E-state index contributed by atoms with van der Waals surface area (Å²) in [6.07, 6.45) is 3.33. The molecule has 1 fully saturated rings. The topological polar surface area (TPSA) is 29.1 Å². The molecule has 0 aromatic heterocycles. The predicted molar refractivity (Wildman–Crippen MR) is 52.3 cm³/mol. The summed E-state index contributed by atoms with van der Waals surface area (Å²) in [4.78, 5) is 10.3. The lowest BCUT2D eigenvalue weighted by Gasteiger charge is -2.07. The van der Waals surface area contributed by atoms with Gasteiger partial charge in [0.15, 0.2) is 0 Å². The third-order valence-corrected chi connectivity index (χ3v) is 3.53. The lowest BCUT2D eigenvalue weighted by molar-refractivity contribution is -0.109. The van der Waals surface area contributed by atoms with Gasteiger partial charge >= 0.3 is 0 Å². The van der Waals surface area contributed by atoms with Gasteiger partial charge in [0, 0.05) is 11.1 Å². The zero-order valence-corrected chi connectivity index (χ0v) is 8.66. The van der Waals surface area contributed by atoms with E-state index < -0.39 is 0 Å². The second-order valence-corrected chi connectivity index (χ2v) is 4.59. The minimum Gasteiger partial charge on any atom is -0.302 e. The van der Waals surface area contributed by atoms with E-state index in [1.165, 1.54) is 6.42 Å². The van der Waals surface area contributed by atoms with Crippen LogP contribution in [0.4, 0.5) is 0 Å². The predicted octanol–water partition coefficient (Wildman–Crippen LogP) is 1.39. The highest BCUT2D eigenvalue weighted by atomic mass is 79.9. The first-order chi connectivity index (χ1) is 5.36. The Morgan fingerprint density at radius 3 is 3.09 bits per heavy atom. The summed E-state index contributed by atoms with van der Waals surface area (Å²) < 4.78 is 0. The van der Waals surface area contributed by atoms with Crippen molar-refractivity contribution in [2.75, 3.05) is 11.1 Å². The van der Waals surface area contributed by atoms with Gasteiger partial charge < -0.3 is 4.79 Å². The van der Waals surface area contributed by atoms with Crippen LogP contribution in [0, 0.1) is 0 Å². The van der Waals surface area contributed by atoms with Crippen LogP contribution in [0.5, 0.6) is 0 Å². The number of rotatable bonds is 4. The molecule has 1 rings (SSSR count). The Morgan fingerprint density at radius 1 is 1.73 bits per heavy atom. The molecule has 0 amide bonds. The van der Waals surface area contributed by atoms with Gasteiger partial charge in [0.1, 0.15) is 6.29 Å². The van der Waals surface area contributed by atoms with Crippen molar-refractivity contribution >= 4 is 34.0 Å². The quantitative estimate of drug-likeness (QED) is 0.592. The van der Waals surface area contributed by atoms with Gasteiger partial charge in [-0.1, -0.05) is 15.9 Å². The summed E-state index contributed by atoms with van der Waals surface area (Å²) in [6.45, 7) is 0. The lowest BCUT2D eigenvalue weighted by atomic mass is 10.3. The SMILES string of the molecule is O=CC1CSC(CCCBr)N1. The second kappa shape index (κ2) is 5.17. The summed E-state index contributed by atoms with van der Waals surface area (Å²) in [5, 5.41) is 4.81. The molecule has 0 saturated carbocycles. The Labute approximate surface area is 79.6 Å². The van der Waals surface area contributed by atoms with Crippen LogP contribution in [0.15, 0.2) is 0 Å². The third kappa shape index (κ3) is 3.13. The number of carbonyl (C=O) groups excluding carboxylic acids is 1. The minimum absolute atomic E-state index is 0.0975. The number of hydrogen-bond donors (Lipinski definition) is 1. The molecule has 64 valence electrons. The molecule has 0 spiro atoms. The van der Waals surface area contributed by atoms with E-state index in [-0.39, 0.29) is 6.04 Å². The second-order valence-electron chi connectivity index (χ2n) is 2.56. The highest BCUT2D eigenvalue weighted by Crippen LogP contribution is 2.21. The number of halogens is 1. The maximum atomic E-state index is 10.3. The van der Waals surface area contributed by atoms with Crippen LogP contribution in [-0.4, -0.2) is 28.8 Å². The monoisotopic (exact) mass is 237 g/mol. The van der Waals surface area contributed by atoms with E-state index in [9.17, 15) is 4.79 Å². The zero-order chi connectivity index (χ0) is 8.10. The number of thioether (sulfide) groups is 1. The van der Waals surface area contributed by atoms with E-state index in [4.69, 9.17) is 0 Å². The van der Waals surface area contributed by atoms with Crippen LogP contribution in [0.3, 0.4) is 0 Å². The molecule has 0 radical (unpaired) electrons. The van der Waals surface area contributed by atoms with Gasteiger partial charge in [-0.3, -0.25) is 5.32 Å². The molecule has 4 heteroatoms. The van der Waals surface area contributed by atoms with Crippen molar-refractivity contribution in [1.82, 2.24) is 5.32 Å². The van der Waals surface area contributed by atoms with Gasteiger partial charge in [-0.15, -0.1) is 11.8 Å².